The summed E-state index contributed by atoms with van der Waals surface area (Å²) < 4.78 is 5.00. The van der Waals surface area contributed by atoms with Crippen molar-refractivity contribution in [3.8, 4) is 0 Å². The Balaban J connectivity index is 2.08. The van der Waals surface area contributed by atoms with Gasteiger partial charge in [0.1, 0.15) is 0 Å². The topological polar surface area (TPSA) is 41.5 Å². The van der Waals surface area contributed by atoms with Crippen molar-refractivity contribution >= 4 is 0 Å². The third kappa shape index (κ3) is 2.73. The fourth-order valence-corrected chi connectivity index (χ4v) is 1.27. The number of aliphatic hydroxyl groups excluding tert-OH is 1. The van der Waals surface area contributed by atoms with Gasteiger partial charge in [0.25, 0.3) is 0 Å². The highest BCUT2D eigenvalue weighted by Crippen LogP contribution is 2.44. The minimum absolute atomic E-state index is 0.210. The zero-order valence-corrected chi connectivity index (χ0v) is 7.97. The smallest absolute Gasteiger partial charge is 0.0613 e. The van der Waals surface area contributed by atoms with Gasteiger partial charge in [0.05, 0.1) is 6.61 Å². The van der Waals surface area contributed by atoms with Crippen LogP contribution >= 0.6 is 0 Å². The lowest BCUT2D eigenvalue weighted by molar-refractivity contribution is 0.159. The summed E-state index contributed by atoms with van der Waals surface area (Å²) in [6.07, 6.45) is 2.33. The lowest BCUT2D eigenvalue weighted by atomic mass is 10.1. The van der Waals surface area contributed by atoms with Crippen molar-refractivity contribution in [2.75, 3.05) is 26.9 Å². The van der Waals surface area contributed by atoms with Gasteiger partial charge >= 0.3 is 0 Å². The molecule has 12 heavy (non-hydrogen) atoms. The van der Waals surface area contributed by atoms with Crippen LogP contribution in [0, 0.1) is 5.41 Å². The van der Waals surface area contributed by atoms with E-state index in [0.717, 1.165) is 26.0 Å². The quantitative estimate of drug-likeness (QED) is 0.610. The molecule has 0 aromatic heterocycles. The number of hydrogen-bond acceptors (Lipinski definition) is 3. The van der Waals surface area contributed by atoms with E-state index >= 15 is 0 Å². The molecule has 0 aromatic carbocycles. The number of nitrogens with one attached hydrogen (secondary N) is 1. The third-order valence-electron chi connectivity index (χ3n) is 2.53. The molecule has 0 saturated heterocycles. The Labute approximate surface area is 74.1 Å². The molecule has 1 fully saturated rings. The number of ether oxygens (including phenoxy) is 1. The molecule has 1 aliphatic rings. The van der Waals surface area contributed by atoms with Crippen LogP contribution in [0.3, 0.4) is 0 Å². The summed E-state index contributed by atoms with van der Waals surface area (Å²) in [6.45, 7) is 4.08. The van der Waals surface area contributed by atoms with Gasteiger partial charge in [-0.05, 0) is 19.8 Å². The monoisotopic (exact) mass is 173 g/mol. The van der Waals surface area contributed by atoms with Crippen LogP contribution in [0.5, 0.6) is 0 Å². The van der Waals surface area contributed by atoms with Crippen LogP contribution in [-0.4, -0.2) is 38.0 Å². The van der Waals surface area contributed by atoms with Crippen LogP contribution in [0.15, 0.2) is 0 Å². The normalized spacial score (nSPS) is 22.2. The van der Waals surface area contributed by atoms with Gasteiger partial charge in [-0.1, -0.05) is 0 Å². The molecule has 1 unspecified atom stereocenters. The van der Waals surface area contributed by atoms with E-state index in [1.54, 1.807) is 7.11 Å². The first-order chi connectivity index (χ1) is 5.72. The molecule has 3 nitrogen and oxygen atoms in total. The Bertz CT molecular complexity index is 134. The zero-order chi connectivity index (χ0) is 9.03. The van der Waals surface area contributed by atoms with Crippen molar-refractivity contribution in [2.45, 2.75) is 25.8 Å². The van der Waals surface area contributed by atoms with E-state index in [1.165, 1.54) is 0 Å². The van der Waals surface area contributed by atoms with Crippen LogP contribution in [0.2, 0.25) is 0 Å². The second-order valence-corrected chi connectivity index (χ2v) is 3.90. The number of hydrogen-bond donors (Lipinski definition) is 2. The molecule has 2 N–H and O–H groups in total. The minimum atomic E-state index is 0.210. The van der Waals surface area contributed by atoms with Crippen LogP contribution in [0.4, 0.5) is 0 Å². The molecule has 0 aliphatic heterocycles. The summed E-state index contributed by atoms with van der Waals surface area (Å²) in [7, 11) is 1.71. The van der Waals surface area contributed by atoms with Crippen LogP contribution < -0.4 is 5.32 Å². The van der Waals surface area contributed by atoms with Crippen molar-refractivity contribution in [2.24, 2.45) is 5.41 Å². The highest BCUT2D eigenvalue weighted by atomic mass is 16.5. The van der Waals surface area contributed by atoms with Crippen molar-refractivity contribution in [3.05, 3.63) is 0 Å². The van der Waals surface area contributed by atoms with E-state index in [4.69, 9.17) is 9.84 Å². The zero-order valence-electron chi connectivity index (χ0n) is 7.97. The fourth-order valence-electron chi connectivity index (χ4n) is 1.27. The molecule has 0 bridgehead atoms. The largest absolute Gasteiger partial charge is 0.396 e. The first-order valence-electron chi connectivity index (χ1n) is 4.56. The molecule has 1 rings (SSSR count). The molecule has 1 saturated carbocycles. The second kappa shape index (κ2) is 4.21. The van der Waals surface area contributed by atoms with Gasteiger partial charge in [0.15, 0.2) is 0 Å². The van der Waals surface area contributed by atoms with Gasteiger partial charge < -0.3 is 15.2 Å². The predicted octanol–water partition coefficient (Wildman–Crippen LogP) is 0.383. The molecule has 0 spiro atoms. The van der Waals surface area contributed by atoms with E-state index in [9.17, 15) is 0 Å². The number of aliphatic hydroxyl groups is 1. The molecule has 0 aromatic rings. The van der Waals surface area contributed by atoms with Crippen molar-refractivity contribution in [3.63, 3.8) is 0 Å². The van der Waals surface area contributed by atoms with E-state index in [1.807, 2.05) is 0 Å². The Kier molecular flexibility index (Phi) is 3.50. The first-order valence-corrected chi connectivity index (χ1v) is 4.56. The lowest BCUT2D eigenvalue weighted by Gasteiger charge is -2.17. The van der Waals surface area contributed by atoms with Crippen molar-refractivity contribution in [1.29, 1.82) is 0 Å². The van der Waals surface area contributed by atoms with Crippen LogP contribution in [0.25, 0.3) is 0 Å². The van der Waals surface area contributed by atoms with Gasteiger partial charge in [-0.25, -0.2) is 0 Å². The summed E-state index contributed by atoms with van der Waals surface area (Å²) in [5.74, 6) is 0. The maximum absolute atomic E-state index is 9.03. The molecule has 72 valence electrons. The predicted molar refractivity (Wildman–Crippen MR) is 48.1 cm³/mol. The SMILES string of the molecule is COCC(C)NCC1(CO)CC1. The van der Waals surface area contributed by atoms with Gasteiger partial charge in [-0.15, -0.1) is 0 Å². The van der Waals surface area contributed by atoms with Crippen LogP contribution in [-0.2, 0) is 4.74 Å². The third-order valence-corrected chi connectivity index (χ3v) is 2.53. The summed E-state index contributed by atoms with van der Waals surface area (Å²) in [5.41, 5.74) is 0.210. The molecule has 0 heterocycles. The summed E-state index contributed by atoms with van der Waals surface area (Å²) >= 11 is 0. The maximum Gasteiger partial charge on any atom is 0.0613 e. The lowest BCUT2D eigenvalue weighted by Crippen LogP contribution is -2.36. The van der Waals surface area contributed by atoms with E-state index < -0.39 is 0 Å². The molecule has 1 aliphatic carbocycles. The number of methoxy groups -OCH3 is 1. The summed E-state index contributed by atoms with van der Waals surface area (Å²) in [5, 5.41) is 12.4. The Hall–Kier alpha value is -0.120. The summed E-state index contributed by atoms with van der Waals surface area (Å²) in [4.78, 5) is 0. The molecular formula is C9H19NO2. The Morgan fingerprint density at radius 2 is 2.25 bits per heavy atom. The second-order valence-electron chi connectivity index (χ2n) is 3.90. The number of rotatable bonds is 6. The van der Waals surface area contributed by atoms with Crippen LogP contribution in [0.1, 0.15) is 19.8 Å². The summed E-state index contributed by atoms with van der Waals surface area (Å²) in [6, 6.07) is 0.388. The van der Waals surface area contributed by atoms with Crippen molar-refractivity contribution < 1.29 is 9.84 Å². The standard InChI is InChI=1S/C9H19NO2/c1-8(5-12-2)10-6-9(7-11)3-4-9/h8,10-11H,3-7H2,1-2H3. The Morgan fingerprint density at radius 1 is 1.58 bits per heavy atom. The molecular weight excluding hydrogens is 154 g/mol. The van der Waals surface area contributed by atoms with Gasteiger partial charge in [0, 0.05) is 31.7 Å². The van der Waals surface area contributed by atoms with Crippen molar-refractivity contribution in [1.82, 2.24) is 5.32 Å². The minimum Gasteiger partial charge on any atom is -0.396 e. The Morgan fingerprint density at radius 3 is 2.67 bits per heavy atom. The molecule has 3 heteroatoms. The average molecular weight is 173 g/mol. The van der Waals surface area contributed by atoms with E-state index in [2.05, 4.69) is 12.2 Å². The molecule has 0 radical (unpaired) electrons. The highest BCUT2D eigenvalue weighted by molar-refractivity contribution is 4.94. The van der Waals surface area contributed by atoms with E-state index in [0.29, 0.717) is 12.6 Å². The van der Waals surface area contributed by atoms with Gasteiger partial charge in [0.2, 0.25) is 0 Å². The first kappa shape index (κ1) is 9.96. The highest BCUT2D eigenvalue weighted by Gasteiger charge is 2.41. The van der Waals surface area contributed by atoms with E-state index in [-0.39, 0.29) is 5.41 Å². The van der Waals surface area contributed by atoms with Gasteiger partial charge in [-0.3, -0.25) is 0 Å². The fraction of sp³-hybridized carbons (Fsp3) is 1.00. The molecule has 1 atom stereocenters. The van der Waals surface area contributed by atoms with Gasteiger partial charge in [-0.2, -0.15) is 0 Å². The molecule has 0 amide bonds. The average Bonchev–Trinajstić information content (AvgIpc) is 2.82. The maximum atomic E-state index is 9.03.